The SMILES string of the molecule is CCCCCC(CS(=O)(=O)c1ccc(C)cc1)(c1c[nH]c2ccc(Br)cc12)c1c[nH]c2ccc(Br)cc12. The normalized spacial score (nSPS) is 12.5. The molecule has 0 fully saturated rings. The summed E-state index contributed by atoms with van der Waals surface area (Å²) in [5, 5.41) is 2.07. The maximum atomic E-state index is 14.1. The number of aromatic amines is 2. The molecule has 2 aromatic heterocycles. The Morgan fingerprint density at radius 3 is 1.84 bits per heavy atom. The van der Waals surface area contributed by atoms with Crippen molar-refractivity contribution in [2.24, 2.45) is 0 Å². The second-order valence-electron chi connectivity index (χ2n) is 9.90. The molecule has 5 aromatic rings. The maximum Gasteiger partial charge on any atom is 0.179 e. The van der Waals surface area contributed by atoms with Crippen LogP contribution in [0.4, 0.5) is 0 Å². The summed E-state index contributed by atoms with van der Waals surface area (Å²) in [5.74, 6) is -0.0221. The van der Waals surface area contributed by atoms with Crippen molar-refractivity contribution >= 4 is 63.5 Å². The van der Waals surface area contributed by atoms with E-state index in [2.05, 4.69) is 60.9 Å². The molecule has 0 amide bonds. The van der Waals surface area contributed by atoms with Gasteiger partial charge in [0.25, 0.3) is 0 Å². The van der Waals surface area contributed by atoms with Crippen LogP contribution in [0, 0.1) is 6.92 Å². The standard InChI is InChI=1S/C30H30Br2N2O2S/c1-3-4-5-14-30(19-37(35,36)23-10-6-20(2)7-11-23,26-17-33-28-12-8-21(31)15-24(26)28)27-18-34-29-13-9-22(32)16-25(27)29/h6-13,15-18,33-34H,3-5,14,19H2,1-2H3. The first-order valence-corrected chi connectivity index (χ1v) is 15.8. The lowest BCUT2D eigenvalue weighted by Crippen LogP contribution is -2.36. The van der Waals surface area contributed by atoms with Gasteiger partial charge in [-0.1, -0.05) is 75.7 Å². The Morgan fingerprint density at radius 1 is 0.784 bits per heavy atom. The molecule has 3 aromatic carbocycles. The average Bonchev–Trinajstić information content (AvgIpc) is 3.48. The Morgan fingerprint density at radius 2 is 1.32 bits per heavy atom. The third kappa shape index (κ3) is 5.06. The summed E-state index contributed by atoms with van der Waals surface area (Å²) in [6.07, 6.45) is 7.76. The molecule has 0 saturated carbocycles. The van der Waals surface area contributed by atoms with E-state index < -0.39 is 15.3 Å². The molecule has 0 spiro atoms. The molecule has 0 saturated heterocycles. The molecule has 2 heterocycles. The van der Waals surface area contributed by atoms with Crippen LogP contribution in [0.3, 0.4) is 0 Å². The molecule has 0 unspecified atom stereocenters. The van der Waals surface area contributed by atoms with Crippen LogP contribution in [0.2, 0.25) is 0 Å². The van der Waals surface area contributed by atoms with Crippen LogP contribution >= 0.6 is 31.9 Å². The maximum absolute atomic E-state index is 14.1. The second-order valence-corrected chi connectivity index (χ2v) is 13.7. The zero-order valence-electron chi connectivity index (χ0n) is 20.9. The number of unbranched alkanes of at least 4 members (excludes halogenated alkanes) is 2. The first-order valence-electron chi connectivity index (χ1n) is 12.6. The van der Waals surface area contributed by atoms with Crippen molar-refractivity contribution in [1.82, 2.24) is 9.97 Å². The van der Waals surface area contributed by atoms with Crippen molar-refractivity contribution in [3.05, 3.63) is 98.7 Å². The Balaban J connectivity index is 1.81. The van der Waals surface area contributed by atoms with Crippen LogP contribution in [0.5, 0.6) is 0 Å². The first kappa shape index (κ1) is 26.3. The number of fused-ring (bicyclic) bond motifs is 2. The Labute approximate surface area is 235 Å². The van der Waals surface area contributed by atoms with Crippen LogP contribution in [-0.4, -0.2) is 24.1 Å². The minimum atomic E-state index is -3.63. The van der Waals surface area contributed by atoms with Gasteiger partial charge in [0.1, 0.15) is 0 Å². The van der Waals surface area contributed by atoms with E-state index in [4.69, 9.17) is 0 Å². The minimum absolute atomic E-state index is 0.0221. The fourth-order valence-corrected chi connectivity index (χ4v) is 7.99. The number of H-pyrrole nitrogens is 2. The van der Waals surface area contributed by atoms with Gasteiger partial charge in [0.2, 0.25) is 0 Å². The summed E-state index contributed by atoms with van der Waals surface area (Å²) in [5.41, 5.74) is 4.28. The van der Waals surface area contributed by atoms with Gasteiger partial charge in [-0.15, -0.1) is 0 Å². The van der Waals surface area contributed by atoms with Crippen LogP contribution in [0.25, 0.3) is 21.8 Å². The number of hydrogen-bond acceptors (Lipinski definition) is 2. The molecule has 2 N–H and O–H groups in total. The van der Waals surface area contributed by atoms with Crippen molar-refractivity contribution in [1.29, 1.82) is 0 Å². The van der Waals surface area contributed by atoms with Crippen molar-refractivity contribution in [3.8, 4) is 0 Å². The number of halogens is 2. The zero-order valence-corrected chi connectivity index (χ0v) is 24.9. The summed E-state index contributed by atoms with van der Waals surface area (Å²) >= 11 is 7.28. The van der Waals surface area contributed by atoms with Gasteiger partial charge >= 0.3 is 0 Å². The van der Waals surface area contributed by atoms with Crippen LogP contribution in [0.15, 0.2) is 86.9 Å². The van der Waals surface area contributed by atoms with Gasteiger partial charge in [-0.25, -0.2) is 8.42 Å². The third-order valence-corrected chi connectivity index (χ3v) is 10.2. The average molecular weight is 642 g/mol. The van der Waals surface area contributed by atoms with Crippen LogP contribution < -0.4 is 0 Å². The summed E-state index contributed by atoms with van der Waals surface area (Å²) < 4.78 is 30.2. The molecule has 0 aliphatic heterocycles. The molecule has 0 aliphatic rings. The van der Waals surface area contributed by atoms with E-state index in [1.807, 2.05) is 55.7 Å². The van der Waals surface area contributed by atoms with E-state index in [0.29, 0.717) is 11.3 Å². The molecule has 4 nitrogen and oxygen atoms in total. The van der Waals surface area contributed by atoms with Gasteiger partial charge in [0.05, 0.1) is 10.6 Å². The van der Waals surface area contributed by atoms with Crippen LogP contribution in [-0.2, 0) is 15.3 Å². The molecular weight excluding hydrogens is 612 g/mol. The van der Waals surface area contributed by atoms with Gasteiger partial charge in [0.15, 0.2) is 9.84 Å². The highest BCUT2D eigenvalue weighted by Crippen LogP contribution is 2.46. The molecule has 0 atom stereocenters. The lowest BCUT2D eigenvalue weighted by Gasteiger charge is -2.34. The monoisotopic (exact) mass is 640 g/mol. The fourth-order valence-electron chi connectivity index (χ4n) is 5.45. The lowest BCUT2D eigenvalue weighted by molar-refractivity contribution is 0.482. The molecule has 37 heavy (non-hydrogen) atoms. The molecule has 0 aliphatic carbocycles. The summed E-state index contributed by atoms with van der Waals surface area (Å²) in [6.45, 7) is 4.15. The number of hydrogen-bond donors (Lipinski definition) is 2. The van der Waals surface area contributed by atoms with E-state index in [-0.39, 0.29) is 5.75 Å². The van der Waals surface area contributed by atoms with Gasteiger partial charge in [0, 0.05) is 48.6 Å². The predicted octanol–water partition coefficient (Wildman–Crippen LogP) is 8.82. The largest absolute Gasteiger partial charge is 0.361 e. The van der Waals surface area contributed by atoms with E-state index in [0.717, 1.165) is 66.7 Å². The van der Waals surface area contributed by atoms with E-state index in [9.17, 15) is 8.42 Å². The van der Waals surface area contributed by atoms with Crippen molar-refractivity contribution in [2.75, 3.05) is 5.75 Å². The number of rotatable bonds is 9. The van der Waals surface area contributed by atoms with E-state index >= 15 is 0 Å². The van der Waals surface area contributed by atoms with Gasteiger partial charge in [-0.05, 0) is 73.0 Å². The van der Waals surface area contributed by atoms with Gasteiger partial charge in [-0.3, -0.25) is 0 Å². The molecule has 0 bridgehead atoms. The molecular formula is C30H30Br2N2O2S. The highest BCUT2D eigenvalue weighted by atomic mass is 79.9. The van der Waals surface area contributed by atoms with E-state index in [1.165, 1.54) is 0 Å². The smallest absolute Gasteiger partial charge is 0.179 e. The lowest BCUT2D eigenvalue weighted by atomic mass is 9.72. The van der Waals surface area contributed by atoms with Gasteiger partial charge in [-0.2, -0.15) is 0 Å². The van der Waals surface area contributed by atoms with Crippen molar-refractivity contribution in [2.45, 2.75) is 49.8 Å². The van der Waals surface area contributed by atoms with E-state index in [1.54, 1.807) is 12.1 Å². The molecule has 192 valence electrons. The number of benzene rings is 3. The highest BCUT2D eigenvalue weighted by Gasteiger charge is 2.42. The first-order chi connectivity index (χ1) is 17.7. The third-order valence-electron chi connectivity index (χ3n) is 7.34. The second kappa shape index (κ2) is 10.4. The summed E-state index contributed by atoms with van der Waals surface area (Å²) in [4.78, 5) is 7.22. The van der Waals surface area contributed by atoms with Gasteiger partial charge < -0.3 is 9.97 Å². The number of aromatic nitrogens is 2. The number of sulfone groups is 1. The summed E-state index contributed by atoms with van der Waals surface area (Å²) in [7, 11) is -3.63. The molecule has 7 heteroatoms. The van der Waals surface area contributed by atoms with Crippen molar-refractivity contribution < 1.29 is 8.42 Å². The number of aryl methyl sites for hydroxylation is 1. The molecule has 0 radical (unpaired) electrons. The quantitative estimate of drug-likeness (QED) is 0.158. The summed E-state index contributed by atoms with van der Waals surface area (Å²) in [6, 6.07) is 19.5. The fraction of sp³-hybridized carbons (Fsp3) is 0.267. The minimum Gasteiger partial charge on any atom is -0.361 e. The number of nitrogens with one attached hydrogen (secondary N) is 2. The highest BCUT2D eigenvalue weighted by molar-refractivity contribution is 9.10. The van der Waals surface area contributed by atoms with Crippen molar-refractivity contribution in [3.63, 3.8) is 0 Å². The Kier molecular flexibility index (Phi) is 7.40. The topological polar surface area (TPSA) is 65.7 Å². The molecule has 5 rings (SSSR count). The van der Waals surface area contributed by atoms with Crippen LogP contribution in [0.1, 0.15) is 49.3 Å². The zero-order chi connectivity index (χ0) is 26.2. The predicted molar refractivity (Wildman–Crippen MR) is 160 cm³/mol. The Bertz CT molecular complexity index is 1590. The Hall–Kier alpha value is -2.35.